The van der Waals surface area contributed by atoms with E-state index in [1.807, 2.05) is 0 Å². The van der Waals surface area contributed by atoms with Gasteiger partial charge in [0.2, 0.25) is 0 Å². The van der Waals surface area contributed by atoms with Crippen molar-refractivity contribution >= 4 is 12.4 Å². The Balaban J connectivity index is 3.00. The molecule has 0 fully saturated rings. The third-order valence-electron chi connectivity index (χ3n) is 1.87. The fraction of sp³-hybridized carbons (Fsp3) is 0.182. The van der Waals surface area contributed by atoms with Crippen LogP contribution in [-0.2, 0) is 0 Å². The van der Waals surface area contributed by atoms with Crippen molar-refractivity contribution in [3.8, 4) is 5.75 Å². The van der Waals surface area contributed by atoms with Crippen LogP contribution in [0.3, 0.4) is 0 Å². The number of rotatable bonds is 4. The number of carbonyl (C=O) groups is 1. The molecular formula is C11H12FNO2. The van der Waals surface area contributed by atoms with Crippen LogP contribution in [0.15, 0.2) is 18.2 Å². The standard InChI is InChI=1S/C11H12FNO2/c1-13-4-2-3-8-5-9(7-14)11(15)10(12)6-8/h2-3,5-7,13,15H,4H2,1H3. The average Bonchev–Trinajstić information content (AvgIpc) is 2.23. The van der Waals surface area contributed by atoms with Gasteiger partial charge in [-0.1, -0.05) is 12.2 Å². The van der Waals surface area contributed by atoms with Crippen LogP contribution in [0.5, 0.6) is 5.75 Å². The summed E-state index contributed by atoms with van der Waals surface area (Å²) in [5, 5.41) is 12.0. The molecule has 0 spiro atoms. The van der Waals surface area contributed by atoms with Crippen molar-refractivity contribution in [2.24, 2.45) is 0 Å². The number of benzene rings is 1. The molecule has 0 saturated carbocycles. The molecule has 0 aliphatic rings. The van der Waals surface area contributed by atoms with Gasteiger partial charge < -0.3 is 10.4 Å². The number of phenols is 1. The molecule has 0 saturated heterocycles. The maximum Gasteiger partial charge on any atom is 0.166 e. The van der Waals surface area contributed by atoms with Gasteiger partial charge in [-0.05, 0) is 24.7 Å². The second kappa shape index (κ2) is 5.26. The summed E-state index contributed by atoms with van der Waals surface area (Å²) in [6, 6.07) is 2.60. The van der Waals surface area contributed by atoms with Crippen LogP contribution in [-0.4, -0.2) is 25.0 Å². The van der Waals surface area contributed by atoms with E-state index in [9.17, 15) is 9.18 Å². The summed E-state index contributed by atoms with van der Waals surface area (Å²) >= 11 is 0. The Bertz CT molecular complexity index is 388. The van der Waals surface area contributed by atoms with Gasteiger partial charge in [-0.15, -0.1) is 0 Å². The molecule has 1 aromatic carbocycles. The molecule has 0 aliphatic heterocycles. The fourth-order valence-electron chi connectivity index (χ4n) is 1.14. The van der Waals surface area contributed by atoms with E-state index < -0.39 is 11.6 Å². The van der Waals surface area contributed by atoms with E-state index in [0.717, 1.165) is 0 Å². The molecule has 0 atom stereocenters. The summed E-state index contributed by atoms with van der Waals surface area (Å²) in [6.45, 7) is 0.652. The predicted octanol–water partition coefficient (Wildman–Crippen LogP) is 1.58. The number of hydrogen-bond acceptors (Lipinski definition) is 3. The van der Waals surface area contributed by atoms with E-state index in [-0.39, 0.29) is 5.56 Å². The molecule has 0 bridgehead atoms. The molecule has 0 aromatic heterocycles. The highest BCUT2D eigenvalue weighted by molar-refractivity contribution is 5.80. The number of aldehydes is 1. The van der Waals surface area contributed by atoms with Crippen molar-refractivity contribution in [1.82, 2.24) is 5.32 Å². The second-order valence-corrected chi connectivity index (χ2v) is 3.02. The zero-order valence-electron chi connectivity index (χ0n) is 8.33. The van der Waals surface area contributed by atoms with Gasteiger partial charge in [0.25, 0.3) is 0 Å². The Morgan fingerprint density at radius 2 is 2.27 bits per heavy atom. The lowest BCUT2D eigenvalue weighted by molar-refractivity contribution is 0.112. The quantitative estimate of drug-likeness (QED) is 0.740. The van der Waals surface area contributed by atoms with Crippen LogP contribution in [0, 0.1) is 5.82 Å². The maximum atomic E-state index is 13.1. The Labute approximate surface area is 87.2 Å². The van der Waals surface area contributed by atoms with Crippen molar-refractivity contribution in [2.75, 3.05) is 13.6 Å². The number of carbonyl (C=O) groups excluding carboxylic acids is 1. The molecule has 0 unspecified atom stereocenters. The average molecular weight is 209 g/mol. The Kier molecular flexibility index (Phi) is 4.00. The van der Waals surface area contributed by atoms with Crippen molar-refractivity contribution in [2.45, 2.75) is 0 Å². The minimum absolute atomic E-state index is 0.0425. The molecule has 0 heterocycles. The van der Waals surface area contributed by atoms with Gasteiger partial charge in [0.15, 0.2) is 17.9 Å². The molecule has 80 valence electrons. The molecule has 0 radical (unpaired) electrons. The summed E-state index contributed by atoms with van der Waals surface area (Å²) in [4.78, 5) is 10.5. The van der Waals surface area contributed by atoms with Crippen molar-refractivity contribution in [3.05, 3.63) is 35.2 Å². The third-order valence-corrected chi connectivity index (χ3v) is 1.87. The molecule has 4 heteroatoms. The van der Waals surface area contributed by atoms with E-state index in [4.69, 9.17) is 5.11 Å². The minimum Gasteiger partial charge on any atom is -0.504 e. The lowest BCUT2D eigenvalue weighted by atomic mass is 10.1. The Morgan fingerprint density at radius 3 is 2.87 bits per heavy atom. The molecule has 0 amide bonds. The maximum absolute atomic E-state index is 13.1. The molecular weight excluding hydrogens is 197 g/mol. The number of nitrogens with one attached hydrogen (secondary N) is 1. The number of aromatic hydroxyl groups is 1. The van der Waals surface area contributed by atoms with Crippen molar-refractivity contribution in [1.29, 1.82) is 0 Å². The van der Waals surface area contributed by atoms with Gasteiger partial charge in [0, 0.05) is 6.54 Å². The first-order chi connectivity index (χ1) is 7.19. The molecule has 3 nitrogen and oxygen atoms in total. The van der Waals surface area contributed by atoms with Crippen molar-refractivity contribution in [3.63, 3.8) is 0 Å². The third kappa shape index (κ3) is 2.89. The van der Waals surface area contributed by atoms with Gasteiger partial charge in [-0.3, -0.25) is 4.79 Å². The van der Waals surface area contributed by atoms with Crippen LogP contribution in [0.25, 0.3) is 6.08 Å². The highest BCUT2D eigenvalue weighted by Gasteiger charge is 2.07. The first-order valence-electron chi connectivity index (χ1n) is 4.48. The van der Waals surface area contributed by atoms with Crippen LogP contribution in [0.2, 0.25) is 0 Å². The molecule has 1 aromatic rings. The zero-order chi connectivity index (χ0) is 11.3. The van der Waals surface area contributed by atoms with Gasteiger partial charge in [0.1, 0.15) is 0 Å². The van der Waals surface area contributed by atoms with E-state index in [2.05, 4.69) is 5.32 Å². The lowest BCUT2D eigenvalue weighted by Gasteiger charge is -2.01. The smallest absolute Gasteiger partial charge is 0.166 e. The molecule has 1 rings (SSSR count). The topological polar surface area (TPSA) is 49.3 Å². The summed E-state index contributed by atoms with van der Waals surface area (Å²) in [6.07, 6.45) is 3.89. The Morgan fingerprint density at radius 1 is 1.53 bits per heavy atom. The van der Waals surface area contributed by atoms with E-state index in [1.54, 1.807) is 19.2 Å². The molecule has 2 N–H and O–H groups in total. The van der Waals surface area contributed by atoms with E-state index in [1.165, 1.54) is 12.1 Å². The summed E-state index contributed by atoms with van der Waals surface area (Å²) in [5.41, 5.74) is 0.502. The predicted molar refractivity (Wildman–Crippen MR) is 56.4 cm³/mol. The minimum atomic E-state index is -0.788. The Hall–Kier alpha value is -1.68. The second-order valence-electron chi connectivity index (χ2n) is 3.02. The first kappa shape index (κ1) is 11.4. The first-order valence-corrected chi connectivity index (χ1v) is 4.48. The zero-order valence-corrected chi connectivity index (χ0v) is 8.33. The monoisotopic (exact) mass is 209 g/mol. The SMILES string of the molecule is CNCC=Cc1cc(F)c(O)c(C=O)c1. The highest BCUT2D eigenvalue weighted by atomic mass is 19.1. The van der Waals surface area contributed by atoms with Crippen LogP contribution in [0.4, 0.5) is 4.39 Å². The normalized spacial score (nSPS) is 10.8. The van der Waals surface area contributed by atoms with Gasteiger partial charge in [-0.25, -0.2) is 4.39 Å². The number of phenolic OH excluding ortho intramolecular Hbond substituents is 1. The highest BCUT2D eigenvalue weighted by Crippen LogP contribution is 2.22. The van der Waals surface area contributed by atoms with Crippen LogP contribution >= 0.6 is 0 Å². The number of halogens is 1. The fourth-order valence-corrected chi connectivity index (χ4v) is 1.14. The summed E-state index contributed by atoms with van der Waals surface area (Å²) in [7, 11) is 1.79. The number of likely N-dealkylation sites (N-methyl/N-ethyl adjacent to an activating group) is 1. The van der Waals surface area contributed by atoms with Crippen LogP contribution in [0.1, 0.15) is 15.9 Å². The number of hydrogen-bond donors (Lipinski definition) is 2. The van der Waals surface area contributed by atoms with Gasteiger partial charge in [0.05, 0.1) is 5.56 Å². The van der Waals surface area contributed by atoms with Gasteiger partial charge >= 0.3 is 0 Å². The lowest BCUT2D eigenvalue weighted by Crippen LogP contribution is -2.03. The summed E-state index contributed by atoms with van der Waals surface area (Å²) in [5.74, 6) is -1.39. The molecule has 15 heavy (non-hydrogen) atoms. The van der Waals surface area contributed by atoms with E-state index >= 15 is 0 Å². The summed E-state index contributed by atoms with van der Waals surface area (Å²) < 4.78 is 13.1. The van der Waals surface area contributed by atoms with Crippen LogP contribution < -0.4 is 5.32 Å². The molecule has 0 aliphatic carbocycles. The van der Waals surface area contributed by atoms with Crippen molar-refractivity contribution < 1.29 is 14.3 Å². The van der Waals surface area contributed by atoms with E-state index in [0.29, 0.717) is 18.4 Å². The van der Waals surface area contributed by atoms with Gasteiger partial charge in [-0.2, -0.15) is 0 Å². The largest absolute Gasteiger partial charge is 0.504 e.